The molecular formula is C19H19NO5. The quantitative estimate of drug-likeness (QED) is 0.863. The monoisotopic (exact) mass is 341 g/mol. The van der Waals surface area contributed by atoms with Gasteiger partial charge in [0, 0.05) is 17.7 Å². The number of hydrogen-bond acceptors (Lipinski definition) is 4. The predicted octanol–water partition coefficient (Wildman–Crippen LogP) is 3.23. The number of hydrogen-bond donors (Lipinski definition) is 1. The van der Waals surface area contributed by atoms with Gasteiger partial charge in [-0.1, -0.05) is 24.3 Å². The summed E-state index contributed by atoms with van der Waals surface area (Å²) in [5.41, 5.74) is 1.35. The van der Waals surface area contributed by atoms with Gasteiger partial charge in [0.1, 0.15) is 11.8 Å². The van der Waals surface area contributed by atoms with Crippen molar-refractivity contribution in [3.05, 3.63) is 47.7 Å². The molecule has 3 rings (SSSR count). The van der Waals surface area contributed by atoms with Crippen LogP contribution in [0.4, 0.5) is 0 Å². The molecule has 2 aromatic rings. The van der Waals surface area contributed by atoms with E-state index < -0.39 is 17.9 Å². The fraction of sp³-hybridized carbons (Fsp3) is 0.316. The fourth-order valence-corrected chi connectivity index (χ4v) is 3.05. The fourth-order valence-electron chi connectivity index (χ4n) is 3.05. The Morgan fingerprint density at radius 3 is 2.44 bits per heavy atom. The molecule has 1 atom stereocenters. The summed E-state index contributed by atoms with van der Waals surface area (Å²) < 4.78 is 5.64. The maximum atomic E-state index is 12.6. The Bertz CT molecular complexity index is 805. The average molecular weight is 341 g/mol. The highest BCUT2D eigenvalue weighted by Gasteiger charge is 2.33. The van der Waals surface area contributed by atoms with E-state index in [1.54, 1.807) is 36.4 Å². The third-order valence-electron chi connectivity index (χ3n) is 4.44. The van der Waals surface area contributed by atoms with Crippen molar-refractivity contribution in [3.63, 3.8) is 0 Å². The van der Waals surface area contributed by atoms with Crippen molar-refractivity contribution < 1.29 is 23.9 Å². The van der Waals surface area contributed by atoms with Gasteiger partial charge in [-0.05, 0) is 38.3 Å². The van der Waals surface area contributed by atoms with Crippen LogP contribution in [0.1, 0.15) is 47.1 Å². The lowest BCUT2D eigenvalue weighted by atomic mass is 10.0. The Morgan fingerprint density at radius 2 is 1.80 bits per heavy atom. The van der Waals surface area contributed by atoms with Crippen LogP contribution < -0.4 is 0 Å². The molecule has 0 saturated carbocycles. The van der Waals surface area contributed by atoms with Gasteiger partial charge in [0.15, 0.2) is 11.5 Å². The predicted molar refractivity (Wildman–Crippen MR) is 90.5 cm³/mol. The van der Waals surface area contributed by atoms with E-state index in [1.165, 1.54) is 11.8 Å². The standard InChI is InChI=1S/C19H19NO5/c1-12(21)13-5-7-14(8-6-13)16-9-10-17(25-16)18(22)20-11-3-2-4-15(20)19(23)24/h5-10,15H,2-4,11H2,1H3,(H,23,24)/t15-/m1/s1. The molecule has 0 unspecified atom stereocenters. The van der Waals surface area contributed by atoms with Crippen LogP contribution in [0, 0.1) is 0 Å². The van der Waals surface area contributed by atoms with Crippen molar-refractivity contribution in [2.45, 2.75) is 32.2 Å². The molecule has 0 bridgehead atoms. The van der Waals surface area contributed by atoms with Crippen molar-refractivity contribution in [3.8, 4) is 11.3 Å². The number of ketones is 1. The van der Waals surface area contributed by atoms with Crippen LogP contribution in [0.25, 0.3) is 11.3 Å². The number of benzene rings is 1. The molecule has 130 valence electrons. The van der Waals surface area contributed by atoms with E-state index in [-0.39, 0.29) is 11.5 Å². The number of amides is 1. The normalized spacial score (nSPS) is 17.3. The average Bonchev–Trinajstić information content (AvgIpc) is 3.11. The van der Waals surface area contributed by atoms with E-state index in [9.17, 15) is 19.5 Å². The number of Topliss-reactive ketones (excluding diaryl/α,β-unsaturated/α-hetero) is 1. The molecular weight excluding hydrogens is 322 g/mol. The summed E-state index contributed by atoms with van der Waals surface area (Å²) >= 11 is 0. The van der Waals surface area contributed by atoms with Crippen molar-refractivity contribution in [1.29, 1.82) is 0 Å². The number of carbonyl (C=O) groups is 3. The summed E-state index contributed by atoms with van der Waals surface area (Å²) in [6.07, 6.45) is 2.05. The second kappa shape index (κ2) is 6.93. The molecule has 1 fully saturated rings. The van der Waals surface area contributed by atoms with Crippen LogP contribution in [-0.2, 0) is 4.79 Å². The maximum absolute atomic E-state index is 12.6. The molecule has 2 heterocycles. The van der Waals surface area contributed by atoms with Crippen LogP contribution in [-0.4, -0.2) is 40.3 Å². The van der Waals surface area contributed by atoms with E-state index in [4.69, 9.17) is 4.42 Å². The van der Waals surface area contributed by atoms with E-state index in [1.807, 2.05) is 0 Å². The van der Waals surface area contributed by atoms with E-state index in [0.29, 0.717) is 24.3 Å². The SMILES string of the molecule is CC(=O)c1ccc(-c2ccc(C(=O)N3CCCC[C@@H]3C(=O)O)o2)cc1. The third kappa shape index (κ3) is 3.47. The smallest absolute Gasteiger partial charge is 0.326 e. The third-order valence-corrected chi connectivity index (χ3v) is 4.44. The Hall–Kier alpha value is -2.89. The first-order valence-electron chi connectivity index (χ1n) is 8.22. The van der Waals surface area contributed by atoms with Gasteiger partial charge in [0.2, 0.25) is 0 Å². The van der Waals surface area contributed by atoms with E-state index >= 15 is 0 Å². The van der Waals surface area contributed by atoms with Crippen LogP contribution >= 0.6 is 0 Å². The summed E-state index contributed by atoms with van der Waals surface area (Å²) in [5.74, 6) is -0.786. The van der Waals surface area contributed by atoms with Gasteiger partial charge in [-0.25, -0.2) is 4.79 Å². The first-order chi connectivity index (χ1) is 12.0. The summed E-state index contributed by atoms with van der Waals surface area (Å²) in [6.45, 7) is 1.91. The molecule has 1 aromatic heterocycles. The number of nitrogens with zero attached hydrogens (tertiary/aromatic N) is 1. The second-order valence-corrected chi connectivity index (χ2v) is 6.15. The zero-order chi connectivity index (χ0) is 18.0. The summed E-state index contributed by atoms with van der Waals surface area (Å²) in [6, 6.07) is 9.35. The van der Waals surface area contributed by atoms with Crippen LogP contribution in [0.3, 0.4) is 0 Å². The van der Waals surface area contributed by atoms with Crippen molar-refractivity contribution in [2.75, 3.05) is 6.54 Å². The second-order valence-electron chi connectivity index (χ2n) is 6.15. The first-order valence-corrected chi connectivity index (χ1v) is 8.22. The highest BCUT2D eigenvalue weighted by atomic mass is 16.4. The molecule has 6 nitrogen and oxygen atoms in total. The minimum absolute atomic E-state index is 0.0216. The molecule has 1 aliphatic rings. The number of aliphatic carboxylic acids is 1. The van der Waals surface area contributed by atoms with Crippen molar-refractivity contribution >= 4 is 17.7 Å². The summed E-state index contributed by atoms with van der Waals surface area (Å²) in [5, 5.41) is 9.31. The molecule has 1 saturated heterocycles. The van der Waals surface area contributed by atoms with Crippen LogP contribution in [0.2, 0.25) is 0 Å². The van der Waals surface area contributed by atoms with Gasteiger partial charge in [-0.3, -0.25) is 9.59 Å². The van der Waals surface area contributed by atoms with Gasteiger partial charge < -0.3 is 14.4 Å². The minimum Gasteiger partial charge on any atom is -0.480 e. The number of carboxylic acids is 1. The molecule has 0 radical (unpaired) electrons. The lowest BCUT2D eigenvalue weighted by molar-refractivity contribution is -0.143. The van der Waals surface area contributed by atoms with Gasteiger partial charge in [-0.2, -0.15) is 0 Å². The zero-order valence-corrected chi connectivity index (χ0v) is 13.9. The summed E-state index contributed by atoms with van der Waals surface area (Å²) in [7, 11) is 0. The molecule has 1 aromatic carbocycles. The lowest BCUT2D eigenvalue weighted by Gasteiger charge is -2.32. The Balaban J connectivity index is 1.81. The van der Waals surface area contributed by atoms with Gasteiger partial charge in [-0.15, -0.1) is 0 Å². The largest absolute Gasteiger partial charge is 0.480 e. The van der Waals surface area contributed by atoms with Gasteiger partial charge >= 0.3 is 5.97 Å². The summed E-state index contributed by atoms with van der Waals surface area (Å²) in [4.78, 5) is 36.7. The Labute approximate surface area is 145 Å². The molecule has 0 spiro atoms. The highest BCUT2D eigenvalue weighted by Crippen LogP contribution is 2.26. The number of piperidine rings is 1. The number of carboxylic acid groups (broad SMARTS) is 1. The molecule has 1 amide bonds. The molecule has 0 aliphatic carbocycles. The molecule has 1 aliphatic heterocycles. The molecule has 6 heteroatoms. The van der Waals surface area contributed by atoms with E-state index in [2.05, 4.69) is 0 Å². The topological polar surface area (TPSA) is 87.8 Å². The zero-order valence-electron chi connectivity index (χ0n) is 13.9. The van der Waals surface area contributed by atoms with Gasteiger partial charge in [0.05, 0.1) is 0 Å². The lowest BCUT2D eigenvalue weighted by Crippen LogP contribution is -2.47. The van der Waals surface area contributed by atoms with Crippen molar-refractivity contribution in [2.24, 2.45) is 0 Å². The first kappa shape index (κ1) is 17.0. The molecule has 25 heavy (non-hydrogen) atoms. The number of furan rings is 1. The van der Waals surface area contributed by atoms with Gasteiger partial charge in [0.25, 0.3) is 5.91 Å². The number of rotatable bonds is 4. The highest BCUT2D eigenvalue weighted by molar-refractivity contribution is 5.95. The van der Waals surface area contributed by atoms with Crippen molar-refractivity contribution in [1.82, 2.24) is 4.90 Å². The molecule has 1 N–H and O–H groups in total. The Kier molecular flexibility index (Phi) is 4.70. The van der Waals surface area contributed by atoms with Crippen LogP contribution in [0.5, 0.6) is 0 Å². The number of carbonyl (C=O) groups excluding carboxylic acids is 2. The van der Waals surface area contributed by atoms with Crippen LogP contribution in [0.15, 0.2) is 40.8 Å². The minimum atomic E-state index is -0.986. The maximum Gasteiger partial charge on any atom is 0.326 e. The van der Waals surface area contributed by atoms with E-state index in [0.717, 1.165) is 18.4 Å². The Morgan fingerprint density at radius 1 is 1.08 bits per heavy atom. The number of likely N-dealkylation sites (tertiary alicyclic amines) is 1.